The summed E-state index contributed by atoms with van der Waals surface area (Å²) >= 11 is 0. The monoisotopic (exact) mass is 234 g/mol. The first-order valence-corrected chi connectivity index (χ1v) is 6.90. The fourth-order valence-corrected chi connectivity index (χ4v) is 1.24. The van der Waals surface area contributed by atoms with Crippen molar-refractivity contribution in [1.29, 1.82) is 0 Å². The van der Waals surface area contributed by atoms with E-state index in [1.807, 2.05) is 0 Å². The van der Waals surface area contributed by atoms with Gasteiger partial charge in [-0.3, -0.25) is 0 Å². The maximum atomic E-state index is 2.24. The van der Waals surface area contributed by atoms with Gasteiger partial charge in [-0.25, -0.2) is 0 Å². The Bertz CT molecular complexity index is 285. The molecular weight excluding hydrogens is 204 g/mol. The van der Waals surface area contributed by atoms with E-state index >= 15 is 0 Å². The number of rotatable bonds is 2. The van der Waals surface area contributed by atoms with Gasteiger partial charge in [0.05, 0.1) is 0 Å². The van der Waals surface area contributed by atoms with Crippen LogP contribution < -0.4 is 0 Å². The highest BCUT2D eigenvalue weighted by Crippen LogP contribution is 2.22. The minimum Gasteiger partial charge on any atom is -0.0651 e. The third kappa shape index (κ3) is 7.20. The molecule has 0 heteroatoms. The van der Waals surface area contributed by atoms with Crippen LogP contribution in [0.1, 0.15) is 66.0 Å². The van der Waals surface area contributed by atoms with E-state index in [0.29, 0.717) is 0 Å². The number of benzene rings is 1. The van der Waals surface area contributed by atoms with Crippen LogP contribution in [0.15, 0.2) is 24.3 Å². The third-order valence-corrected chi connectivity index (χ3v) is 3.04. The molecule has 1 aromatic rings. The summed E-state index contributed by atoms with van der Waals surface area (Å²) in [6.07, 6.45) is 2.43. The van der Waals surface area contributed by atoms with E-state index in [1.54, 1.807) is 0 Å². The topological polar surface area (TPSA) is 0 Å². The fraction of sp³-hybridized carbons (Fsp3) is 0.647. The normalized spacial score (nSPS) is 11.1. The van der Waals surface area contributed by atoms with Crippen LogP contribution in [0.2, 0.25) is 0 Å². The number of hydrogen-bond acceptors (Lipinski definition) is 0. The molecule has 0 aliphatic heterocycles. The van der Waals surface area contributed by atoms with Gasteiger partial charge < -0.3 is 0 Å². The first-order valence-electron chi connectivity index (χ1n) is 6.90. The zero-order valence-corrected chi connectivity index (χ0v) is 12.8. The summed E-state index contributed by atoms with van der Waals surface area (Å²) in [7, 11) is 0. The molecule has 0 nitrogen and oxygen atoms in total. The summed E-state index contributed by atoms with van der Waals surface area (Å²) in [5.41, 5.74) is 3.12. The molecule has 0 spiro atoms. The van der Waals surface area contributed by atoms with Crippen LogP contribution >= 0.6 is 0 Å². The van der Waals surface area contributed by atoms with Gasteiger partial charge in [0.2, 0.25) is 0 Å². The van der Waals surface area contributed by atoms with Crippen molar-refractivity contribution in [2.75, 3.05) is 0 Å². The molecule has 0 unspecified atom stereocenters. The molecule has 0 saturated carbocycles. The molecular formula is C17H30. The van der Waals surface area contributed by atoms with Crippen molar-refractivity contribution in [3.63, 3.8) is 0 Å². The zero-order chi connectivity index (χ0) is 13.5. The summed E-state index contributed by atoms with van der Waals surface area (Å²) < 4.78 is 0. The molecule has 0 fully saturated rings. The maximum Gasteiger partial charge on any atom is -0.0132 e. The van der Waals surface area contributed by atoms with E-state index in [-0.39, 0.29) is 5.41 Å². The molecule has 0 aliphatic carbocycles. The van der Waals surface area contributed by atoms with Gasteiger partial charge in [0.25, 0.3) is 0 Å². The first-order chi connectivity index (χ1) is 7.81. The molecule has 17 heavy (non-hydrogen) atoms. The van der Waals surface area contributed by atoms with Gasteiger partial charge in [-0.05, 0) is 28.9 Å². The van der Waals surface area contributed by atoms with Crippen LogP contribution in [0.4, 0.5) is 0 Å². The molecule has 0 N–H and O–H groups in total. The van der Waals surface area contributed by atoms with Gasteiger partial charge >= 0.3 is 0 Å². The summed E-state index contributed by atoms with van der Waals surface area (Å²) in [6.45, 7) is 15.6. The Morgan fingerprint density at radius 1 is 0.941 bits per heavy atom. The number of hydrogen-bond donors (Lipinski definition) is 0. The second-order valence-electron chi connectivity index (χ2n) is 6.10. The summed E-state index contributed by atoms with van der Waals surface area (Å²) in [5.74, 6) is 0.884. The summed E-state index contributed by atoms with van der Waals surface area (Å²) in [5, 5.41) is 0. The van der Waals surface area contributed by atoms with Crippen molar-refractivity contribution >= 4 is 0 Å². The molecule has 0 bridgehead atoms. The van der Waals surface area contributed by atoms with Crippen LogP contribution in [0.5, 0.6) is 0 Å². The maximum absolute atomic E-state index is 2.24. The Morgan fingerprint density at radius 2 is 1.35 bits per heavy atom. The predicted molar refractivity (Wildman–Crippen MR) is 79.6 cm³/mol. The average Bonchev–Trinajstić information content (AvgIpc) is 2.29. The van der Waals surface area contributed by atoms with Gasteiger partial charge in [0.15, 0.2) is 0 Å². The van der Waals surface area contributed by atoms with E-state index in [2.05, 4.69) is 72.7 Å². The Balaban J connectivity index is 0.000000437. The molecule has 0 radical (unpaired) electrons. The van der Waals surface area contributed by atoms with Crippen molar-refractivity contribution in [3.8, 4) is 0 Å². The van der Waals surface area contributed by atoms with E-state index in [4.69, 9.17) is 0 Å². The molecule has 0 saturated heterocycles. The fourth-order valence-electron chi connectivity index (χ4n) is 1.24. The minimum absolute atomic E-state index is 0.284. The van der Waals surface area contributed by atoms with Gasteiger partial charge in [0.1, 0.15) is 0 Å². The standard InChI is InChI=1S/C12H18.C5H12/c1-5-10-6-8-11(9-7-10)12(2,3)4;1-4-5(2)3/h6-9H,5H2,1-4H3;5H,4H2,1-3H3. The average molecular weight is 234 g/mol. The SMILES string of the molecule is CCC(C)C.CCc1ccc(C(C)(C)C)cc1. The lowest BCUT2D eigenvalue weighted by Crippen LogP contribution is -2.10. The van der Waals surface area contributed by atoms with Crippen molar-refractivity contribution in [2.45, 2.75) is 66.7 Å². The molecule has 0 aromatic heterocycles. The van der Waals surface area contributed by atoms with Crippen LogP contribution in [0, 0.1) is 5.92 Å². The highest BCUT2D eigenvalue weighted by Gasteiger charge is 2.12. The van der Waals surface area contributed by atoms with Crippen LogP contribution in [0.3, 0.4) is 0 Å². The molecule has 0 aliphatic rings. The molecule has 0 amide bonds. The molecule has 0 atom stereocenters. The molecule has 1 rings (SSSR count). The lowest BCUT2D eigenvalue weighted by molar-refractivity contribution is 0.590. The second kappa shape index (κ2) is 7.53. The van der Waals surface area contributed by atoms with Gasteiger partial charge in [0, 0.05) is 0 Å². The largest absolute Gasteiger partial charge is 0.0651 e. The van der Waals surface area contributed by atoms with E-state index in [9.17, 15) is 0 Å². The smallest absolute Gasteiger partial charge is 0.0132 e. The van der Waals surface area contributed by atoms with Gasteiger partial charge in [-0.1, -0.05) is 79.2 Å². The lowest BCUT2D eigenvalue weighted by Gasteiger charge is -2.18. The third-order valence-electron chi connectivity index (χ3n) is 3.04. The van der Waals surface area contributed by atoms with Crippen molar-refractivity contribution in [2.24, 2.45) is 5.92 Å². The first kappa shape index (κ1) is 16.2. The summed E-state index contributed by atoms with van der Waals surface area (Å²) in [4.78, 5) is 0. The minimum atomic E-state index is 0.284. The van der Waals surface area contributed by atoms with E-state index in [1.165, 1.54) is 17.5 Å². The molecule has 1 aromatic carbocycles. The lowest BCUT2D eigenvalue weighted by atomic mass is 9.86. The van der Waals surface area contributed by atoms with Crippen molar-refractivity contribution < 1.29 is 0 Å². The second-order valence-corrected chi connectivity index (χ2v) is 6.10. The Kier molecular flexibility index (Phi) is 7.18. The Morgan fingerprint density at radius 3 is 1.59 bits per heavy atom. The molecule has 0 heterocycles. The van der Waals surface area contributed by atoms with Crippen LogP contribution in [0.25, 0.3) is 0 Å². The van der Waals surface area contributed by atoms with E-state index < -0.39 is 0 Å². The van der Waals surface area contributed by atoms with Gasteiger partial charge in [-0.15, -0.1) is 0 Å². The quantitative estimate of drug-likeness (QED) is 0.625. The zero-order valence-electron chi connectivity index (χ0n) is 12.8. The highest BCUT2D eigenvalue weighted by molar-refractivity contribution is 5.27. The van der Waals surface area contributed by atoms with Crippen LogP contribution in [-0.2, 0) is 11.8 Å². The Hall–Kier alpha value is -0.780. The number of aryl methyl sites for hydroxylation is 1. The molecule has 98 valence electrons. The highest BCUT2D eigenvalue weighted by atomic mass is 14.2. The van der Waals surface area contributed by atoms with E-state index in [0.717, 1.165) is 12.3 Å². The van der Waals surface area contributed by atoms with Crippen molar-refractivity contribution in [1.82, 2.24) is 0 Å². The predicted octanol–water partition coefficient (Wildman–Crippen LogP) is 5.60. The summed E-state index contributed by atoms with van der Waals surface area (Å²) in [6, 6.07) is 8.92. The Labute approximate surface area is 108 Å². The van der Waals surface area contributed by atoms with Crippen LogP contribution in [-0.4, -0.2) is 0 Å². The van der Waals surface area contributed by atoms with Gasteiger partial charge in [-0.2, -0.15) is 0 Å². The van der Waals surface area contributed by atoms with Crippen molar-refractivity contribution in [3.05, 3.63) is 35.4 Å².